The van der Waals surface area contributed by atoms with Gasteiger partial charge in [-0.25, -0.2) is 0 Å². The molecule has 0 rings (SSSR count). The van der Waals surface area contributed by atoms with E-state index in [1.54, 1.807) is 0 Å². The van der Waals surface area contributed by atoms with Crippen LogP contribution in [-0.4, -0.2) is 0 Å². The summed E-state index contributed by atoms with van der Waals surface area (Å²) < 4.78 is 0. The van der Waals surface area contributed by atoms with Gasteiger partial charge in [0.1, 0.15) is 0 Å². The fourth-order valence-corrected chi connectivity index (χ4v) is 0. The molecule has 4 heteroatoms. The quantitative estimate of drug-likeness (QED) is 0.459. The first kappa shape index (κ1) is 34.1. The summed E-state index contributed by atoms with van der Waals surface area (Å²) in [6.45, 7) is 0. The molecule has 0 aromatic carbocycles. The van der Waals surface area contributed by atoms with E-state index in [9.17, 15) is 0 Å². The van der Waals surface area contributed by atoms with Crippen LogP contribution >= 0.6 is 53.4 Å². The van der Waals surface area contributed by atoms with E-state index in [1.165, 1.54) is 0 Å². The summed E-state index contributed by atoms with van der Waals surface area (Å²) in [5.41, 5.74) is 0. The van der Waals surface area contributed by atoms with E-state index < -0.39 is 0 Å². The van der Waals surface area contributed by atoms with Crippen molar-refractivity contribution in [2.75, 3.05) is 0 Å². The number of rotatable bonds is 0. The Morgan fingerprint density at radius 1 is 1.00 bits per heavy atom. The summed E-state index contributed by atoms with van der Waals surface area (Å²) in [7, 11) is 0. The summed E-state index contributed by atoms with van der Waals surface area (Å²) in [5, 5.41) is 0. The summed E-state index contributed by atoms with van der Waals surface area (Å²) >= 11 is 0. The summed E-state index contributed by atoms with van der Waals surface area (Å²) in [6, 6.07) is 0. The Morgan fingerprint density at radius 2 is 1.00 bits per heavy atom. The molecule has 0 aromatic heterocycles. The van der Waals surface area contributed by atoms with Crippen LogP contribution < -0.4 is 0 Å². The van der Waals surface area contributed by atoms with Crippen molar-refractivity contribution in [2.45, 2.75) is 0 Å². The Hall–Kier alpha value is 2.24. The molecule has 0 aliphatic rings. The van der Waals surface area contributed by atoms with Gasteiger partial charge in [0.2, 0.25) is 0 Å². The normalized spacial score (nSPS) is 0. The maximum absolute atomic E-state index is 0. The number of halogens is 3. The zero-order valence-electron chi connectivity index (χ0n) is 1.53. The van der Waals surface area contributed by atoms with Crippen molar-refractivity contribution >= 4 is 53.4 Å². The van der Waals surface area contributed by atoms with E-state index in [1.807, 2.05) is 0 Å². The molecule has 0 unspecified atom stereocenters. The molecule has 35 valence electrons. The molecule has 4 heavy (non-hydrogen) atoms. The molecule has 0 bridgehead atoms. The molecule has 0 aliphatic heterocycles. The van der Waals surface area contributed by atoms with Gasteiger partial charge in [-0.1, -0.05) is 0 Å². The molecule has 0 amide bonds. The molecular weight excluding hydrogens is 350 g/mol. The predicted octanol–water partition coefficient (Wildman–Crippen LogP) is 1.62. The minimum atomic E-state index is 0. The van der Waals surface area contributed by atoms with Gasteiger partial charge in [0.25, 0.3) is 0 Å². The minimum absolute atomic E-state index is 0. The Morgan fingerprint density at radius 3 is 1.00 bits per heavy atom. The van der Waals surface area contributed by atoms with Gasteiger partial charge < -0.3 is 0 Å². The molecule has 0 spiro atoms. The Bertz CT molecular complexity index is 8.00. The van der Waals surface area contributed by atoms with Gasteiger partial charge >= 0.3 is 0 Å². The molecule has 0 fully saturated rings. The zero-order chi connectivity index (χ0) is 0. The number of hydrogen-bond acceptors (Lipinski definition) is 0. The van der Waals surface area contributed by atoms with E-state index in [2.05, 4.69) is 0 Å². The van der Waals surface area contributed by atoms with E-state index in [4.69, 9.17) is 0 Å². The third-order valence-electron chi connectivity index (χ3n) is 0. The van der Waals surface area contributed by atoms with E-state index in [0.29, 0.717) is 0 Å². The van der Waals surface area contributed by atoms with Crippen LogP contribution in [0.2, 0.25) is 0 Å². The van der Waals surface area contributed by atoms with Crippen LogP contribution in [0.25, 0.3) is 0 Å². The van der Waals surface area contributed by atoms with Crippen LogP contribution in [0.4, 0.5) is 0 Å². The smallest absolute Gasteiger partial charge is 0 e. The summed E-state index contributed by atoms with van der Waals surface area (Å²) in [5.74, 6) is 0. The van der Waals surface area contributed by atoms with E-state index in [0.717, 1.165) is 0 Å². The van der Waals surface area contributed by atoms with Crippen LogP contribution in [0.1, 0.15) is 0 Å². The average Bonchev–Trinajstić information content (AvgIpc) is 0. The van der Waals surface area contributed by atoms with Gasteiger partial charge in [0.15, 0.2) is 0 Å². The number of hydrogen-bond donors (Lipinski definition) is 0. The van der Waals surface area contributed by atoms with Crippen LogP contribution in [0.3, 0.4) is 0 Å². The molecule has 0 saturated heterocycles. The van der Waals surface area contributed by atoms with Crippen molar-refractivity contribution in [1.29, 1.82) is 0 Å². The topological polar surface area (TPSA) is 0 Å². The first-order valence-electron chi connectivity index (χ1n) is 0. The van der Waals surface area contributed by atoms with Gasteiger partial charge in [-0.3, -0.25) is 0 Å². The van der Waals surface area contributed by atoms with Gasteiger partial charge in [0, 0.05) is 22.4 Å². The van der Waals surface area contributed by atoms with Crippen molar-refractivity contribution in [3.8, 4) is 0 Å². The maximum Gasteiger partial charge on any atom is 0 e. The molecule has 0 aromatic rings. The Labute approximate surface area is 74.8 Å². The fraction of sp³-hybridized carbons (Fsp3) is 0. The van der Waals surface area contributed by atoms with Crippen LogP contribution in [0.5, 0.6) is 0 Å². The first-order chi connectivity index (χ1) is 0. The van der Waals surface area contributed by atoms with Crippen molar-refractivity contribution in [1.82, 2.24) is 0 Å². The molecule has 0 heterocycles. The maximum atomic E-state index is 0. The van der Waals surface area contributed by atoms with E-state index >= 15 is 0 Å². The van der Waals surface area contributed by atoms with Gasteiger partial charge in [-0.2, -0.15) is 0 Å². The molecule has 0 nitrogen and oxygen atoms in total. The monoisotopic (exact) mass is 351 g/mol. The Kier molecular flexibility index (Phi) is 160. The third kappa shape index (κ3) is 8.87. The second-order valence-corrected chi connectivity index (χ2v) is 0. The van der Waals surface area contributed by atoms with Gasteiger partial charge in [-0.15, -0.1) is 53.4 Å². The van der Waals surface area contributed by atoms with Crippen LogP contribution in [-0.2, 0) is 22.4 Å². The summed E-state index contributed by atoms with van der Waals surface area (Å²) in [4.78, 5) is 0. The fourth-order valence-electron chi connectivity index (χ4n) is 0. The van der Waals surface area contributed by atoms with Crippen molar-refractivity contribution < 1.29 is 22.4 Å². The van der Waals surface area contributed by atoms with E-state index in [-0.39, 0.29) is 75.7 Å². The third-order valence-corrected chi connectivity index (χ3v) is 0. The largest absolute Gasteiger partial charge is 0.147 e. The minimum Gasteiger partial charge on any atom is -0.147 e. The molecule has 0 saturated carbocycles. The molecule has 0 N–H and O–H groups in total. The molecule has 0 atom stereocenters. The molecule has 0 aliphatic carbocycles. The van der Waals surface area contributed by atoms with Gasteiger partial charge in [0.05, 0.1) is 0 Å². The summed E-state index contributed by atoms with van der Waals surface area (Å²) in [6.07, 6.45) is 0. The second kappa shape index (κ2) is 18.8. The van der Waals surface area contributed by atoms with Gasteiger partial charge in [-0.05, 0) is 0 Å². The second-order valence-electron chi connectivity index (χ2n) is 0. The van der Waals surface area contributed by atoms with Crippen LogP contribution in [0, 0.1) is 0 Å². The predicted molar refractivity (Wildman–Crippen MR) is 33.0 cm³/mol. The van der Waals surface area contributed by atoms with Crippen LogP contribution in [0.15, 0.2) is 0 Å². The Balaban J connectivity index is 0. The SMILES string of the molecule is Br.Cl.I.[Ag]. The standard InChI is InChI=1S/Ag.BrH.ClH.HI/h;3*1H. The average molecular weight is 353 g/mol. The van der Waals surface area contributed by atoms with Crippen molar-refractivity contribution in [3.05, 3.63) is 0 Å². The molecule has 1 radical (unpaired) electrons. The molecular formula is H3AgBrClI. The first-order valence-corrected chi connectivity index (χ1v) is 0. The van der Waals surface area contributed by atoms with Crippen molar-refractivity contribution in [3.63, 3.8) is 0 Å². The zero-order valence-corrected chi connectivity index (χ0v) is 7.87. The van der Waals surface area contributed by atoms with Crippen molar-refractivity contribution in [2.24, 2.45) is 0 Å².